The average Bonchev–Trinajstić information content (AvgIpc) is 3.02. The van der Waals surface area contributed by atoms with Crippen molar-refractivity contribution in [2.45, 2.75) is 19.6 Å². The quantitative estimate of drug-likeness (QED) is 0.753. The summed E-state index contributed by atoms with van der Waals surface area (Å²) in [5, 5.41) is 2.81. The molecule has 0 unspecified atom stereocenters. The lowest BCUT2D eigenvalue weighted by Gasteiger charge is -2.08. The minimum atomic E-state index is -4.47. The molecule has 0 aliphatic rings. The largest absolute Gasteiger partial charge is 0.444 e. The second-order valence-corrected chi connectivity index (χ2v) is 5.27. The molecule has 0 bridgehead atoms. The maximum absolute atomic E-state index is 12.6. The molecule has 2 heterocycles. The number of aromatic nitrogens is 2. The first-order chi connectivity index (χ1) is 11.4. The van der Waals surface area contributed by atoms with Crippen LogP contribution in [0.25, 0.3) is 11.5 Å². The van der Waals surface area contributed by atoms with Gasteiger partial charge in [0.1, 0.15) is 17.8 Å². The van der Waals surface area contributed by atoms with Crippen molar-refractivity contribution < 1.29 is 17.6 Å². The summed E-state index contributed by atoms with van der Waals surface area (Å²) in [7, 11) is 0. The molecular weight excluding hydrogens is 319 g/mol. The van der Waals surface area contributed by atoms with Crippen molar-refractivity contribution in [3.8, 4) is 11.5 Å². The Labute approximate surface area is 136 Å². The third-order valence-corrected chi connectivity index (χ3v) is 3.34. The molecule has 0 spiro atoms. The minimum Gasteiger partial charge on any atom is -0.444 e. The Hall–Kier alpha value is -2.83. The normalized spacial score (nSPS) is 11.5. The lowest BCUT2D eigenvalue weighted by molar-refractivity contribution is -0.141. The van der Waals surface area contributed by atoms with Gasteiger partial charge in [0.05, 0.1) is 12.2 Å². The van der Waals surface area contributed by atoms with Crippen LogP contribution in [0, 0.1) is 6.92 Å². The Morgan fingerprint density at radius 1 is 1.04 bits per heavy atom. The van der Waals surface area contributed by atoms with E-state index in [4.69, 9.17) is 4.42 Å². The number of pyridine rings is 1. The zero-order valence-corrected chi connectivity index (χ0v) is 12.8. The van der Waals surface area contributed by atoms with Gasteiger partial charge in [-0.25, -0.2) is 9.97 Å². The molecule has 3 aromatic rings. The molecule has 7 heteroatoms. The topological polar surface area (TPSA) is 51.0 Å². The van der Waals surface area contributed by atoms with Gasteiger partial charge in [0.15, 0.2) is 0 Å². The first-order valence-corrected chi connectivity index (χ1v) is 7.21. The van der Waals surface area contributed by atoms with Crippen molar-refractivity contribution in [3.63, 3.8) is 0 Å². The lowest BCUT2D eigenvalue weighted by Crippen LogP contribution is -2.10. The van der Waals surface area contributed by atoms with Gasteiger partial charge in [-0.3, -0.25) is 0 Å². The Bertz CT molecular complexity index is 826. The van der Waals surface area contributed by atoms with E-state index in [9.17, 15) is 13.2 Å². The van der Waals surface area contributed by atoms with Gasteiger partial charge < -0.3 is 9.73 Å². The van der Waals surface area contributed by atoms with Gasteiger partial charge in [-0.05, 0) is 31.2 Å². The summed E-state index contributed by atoms with van der Waals surface area (Å²) < 4.78 is 43.3. The van der Waals surface area contributed by atoms with Gasteiger partial charge in [-0.1, -0.05) is 23.8 Å². The molecule has 1 N–H and O–H groups in total. The molecule has 2 aromatic heterocycles. The Kier molecular flexibility index (Phi) is 4.24. The minimum absolute atomic E-state index is 0.129. The highest BCUT2D eigenvalue weighted by molar-refractivity contribution is 5.53. The molecule has 0 radical (unpaired) electrons. The number of nitrogens with one attached hydrogen (secondary N) is 1. The monoisotopic (exact) mass is 333 g/mol. The van der Waals surface area contributed by atoms with E-state index >= 15 is 0 Å². The summed E-state index contributed by atoms with van der Waals surface area (Å²) >= 11 is 0. The van der Waals surface area contributed by atoms with Gasteiger partial charge in [0.25, 0.3) is 0 Å². The van der Waals surface area contributed by atoms with Gasteiger partial charge in [0, 0.05) is 5.56 Å². The highest BCUT2D eigenvalue weighted by atomic mass is 19.4. The Morgan fingerprint density at radius 2 is 1.79 bits per heavy atom. The fourth-order valence-electron chi connectivity index (χ4n) is 2.09. The van der Waals surface area contributed by atoms with Crippen LogP contribution in [0.4, 0.5) is 19.0 Å². The highest BCUT2D eigenvalue weighted by Gasteiger charge is 2.32. The van der Waals surface area contributed by atoms with Crippen molar-refractivity contribution in [2.24, 2.45) is 0 Å². The van der Waals surface area contributed by atoms with Crippen LogP contribution in [0.2, 0.25) is 0 Å². The predicted octanol–water partition coefficient (Wildman–Crippen LogP) is 4.68. The number of alkyl halides is 3. The van der Waals surface area contributed by atoms with E-state index in [-0.39, 0.29) is 12.4 Å². The lowest BCUT2D eigenvalue weighted by atomic mass is 10.1. The molecule has 0 amide bonds. The number of halogens is 3. The second-order valence-electron chi connectivity index (χ2n) is 5.27. The van der Waals surface area contributed by atoms with E-state index in [1.807, 2.05) is 31.2 Å². The SMILES string of the molecule is Cc1ccc(-c2nc(CNc3cccc(C(F)(F)F)n3)co2)cc1. The van der Waals surface area contributed by atoms with E-state index in [1.165, 1.54) is 18.4 Å². The smallest absolute Gasteiger partial charge is 0.433 e. The van der Waals surface area contributed by atoms with Gasteiger partial charge in [0.2, 0.25) is 5.89 Å². The number of nitrogens with zero attached hydrogens (tertiary/aromatic N) is 2. The van der Waals surface area contributed by atoms with Crippen LogP contribution in [-0.4, -0.2) is 9.97 Å². The molecule has 0 aliphatic heterocycles. The molecule has 1 aromatic carbocycles. The molecule has 0 saturated carbocycles. The summed E-state index contributed by atoms with van der Waals surface area (Å²) in [5.74, 6) is 0.591. The Balaban J connectivity index is 1.69. The predicted molar refractivity (Wildman–Crippen MR) is 83.2 cm³/mol. The molecule has 24 heavy (non-hydrogen) atoms. The molecular formula is C17H14F3N3O. The number of benzene rings is 1. The zero-order valence-electron chi connectivity index (χ0n) is 12.8. The van der Waals surface area contributed by atoms with Crippen molar-refractivity contribution in [3.05, 3.63) is 65.7 Å². The van der Waals surface area contributed by atoms with Crippen molar-refractivity contribution in [1.29, 1.82) is 0 Å². The van der Waals surface area contributed by atoms with Crippen LogP contribution in [0.1, 0.15) is 17.0 Å². The molecule has 0 atom stereocenters. The Morgan fingerprint density at radius 3 is 2.50 bits per heavy atom. The maximum Gasteiger partial charge on any atom is 0.433 e. The molecule has 0 aliphatic carbocycles. The molecule has 0 saturated heterocycles. The third kappa shape index (κ3) is 3.73. The third-order valence-electron chi connectivity index (χ3n) is 3.34. The number of hydrogen-bond donors (Lipinski definition) is 1. The first-order valence-electron chi connectivity index (χ1n) is 7.21. The van der Waals surface area contributed by atoms with E-state index in [0.717, 1.165) is 17.2 Å². The molecule has 124 valence electrons. The van der Waals surface area contributed by atoms with Gasteiger partial charge in [-0.15, -0.1) is 0 Å². The van der Waals surface area contributed by atoms with Gasteiger partial charge in [-0.2, -0.15) is 13.2 Å². The van der Waals surface area contributed by atoms with Crippen LogP contribution in [-0.2, 0) is 12.7 Å². The number of hydrogen-bond acceptors (Lipinski definition) is 4. The molecule has 4 nitrogen and oxygen atoms in total. The van der Waals surface area contributed by atoms with Crippen LogP contribution in [0.3, 0.4) is 0 Å². The number of aryl methyl sites for hydroxylation is 1. The number of oxazole rings is 1. The summed E-state index contributed by atoms with van der Waals surface area (Å²) in [6.07, 6.45) is -3.00. The number of rotatable bonds is 4. The average molecular weight is 333 g/mol. The highest BCUT2D eigenvalue weighted by Crippen LogP contribution is 2.28. The van der Waals surface area contributed by atoms with Crippen molar-refractivity contribution >= 4 is 5.82 Å². The van der Waals surface area contributed by atoms with E-state index < -0.39 is 11.9 Å². The van der Waals surface area contributed by atoms with E-state index in [2.05, 4.69) is 15.3 Å². The second kappa shape index (κ2) is 6.35. The summed E-state index contributed by atoms with van der Waals surface area (Å²) in [4.78, 5) is 7.86. The first kappa shape index (κ1) is 16.0. The van der Waals surface area contributed by atoms with Crippen molar-refractivity contribution in [2.75, 3.05) is 5.32 Å². The van der Waals surface area contributed by atoms with Gasteiger partial charge >= 0.3 is 6.18 Å². The summed E-state index contributed by atoms with van der Waals surface area (Å²) in [6.45, 7) is 2.19. The zero-order chi connectivity index (χ0) is 17.2. The molecule has 3 rings (SSSR count). The van der Waals surface area contributed by atoms with E-state index in [0.29, 0.717) is 11.6 Å². The van der Waals surface area contributed by atoms with Crippen molar-refractivity contribution in [1.82, 2.24) is 9.97 Å². The maximum atomic E-state index is 12.6. The fourth-order valence-corrected chi connectivity index (χ4v) is 2.09. The standard InChI is InChI=1S/C17H14F3N3O/c1-11-5-7-12(8-6-11)16-22-13(10-24-16)9-21-15-4-2-3-14(23-15)17(18,19)20/h2-8,10H,9H2,1H3,(H,21,23). The summed E-state index contributed by atoms with van der Waals surface area (Å²) in [5.41, 5.74) is 1.60. The van der Waals surface area contributed by atoms with Crippen LogP contribution in [0.5, 0.6) is 0 Å². The van der Waals surface area contributed by atoms with E-state index in [1.54, 1.807) is 0 Å². The van der Waals surface area contributed by atoms with Crippen LogP contribution >= 0.6 is 0 Å². The number of anilines is 1. The molecule has 0 fully saturated rings. The fraction of sp³-hybridized carbons (Fsp3) is 0.176. The summed E-state index contributed by atoms with van der Waals surface area (Å²) in [6, 6.07) is 11.4. The van der Waals surface area contributed by atoms with Crippen LogP contribution in [0.15, 0.2) is 53.1 Å². The van der Waals surface area contributed by atoms with Crippen LogP contribution < -0.4 is 5.32 Å².